The minimum Gasteiger partial charge on any atom is -0.381 e. The van der Waals surface area contributed by atoms with Crippen LogP contribution in [0.25, 0.3) is 0 Å². The minimum absolute atomic E-state index is 0.155. The Morgan fingerprint density at radius 3 is 2.84 bits per heavy atom. The van der Waals surface area contributed by atoms with Crippen LogP contribution >= 0.6 is 0 Å². The quantitative estimate of drug-likeness (QED) is 0.798. The highest BCUT2D eigenvalue weighted by molar-refractivity contribution is 5.83. The standard InChI is InChI=1S/C15H28N2O2/c1-2-6-15(7-3-8-16-12-15)14(18)17-11-13-4-9-19-10-5-13/h13,16H,2-12H2,1H3,(H,17,18). The van der Waals surface area contributed by atoms with E-state index >= 15 is 0 Å². The number of ether oxygens (including phenoxy) is 1. The summed E-state index contributed by atoms with van der Waals surface area (Å²) in [5.41, 5.74) is -0.155. The lowest BCUT2D eigenvalue weighted by Crippen LogP contribution is -2.51. The molecule has 2 aliphatic heterocycles. The fourth-order valence-corrected chi connectivity index (χ4v) is 3.34. The monoisotopic (exact) mass is 268 g/mol. The van der Waals surface area contributed by atoms with E-state index in [4.69, 9.17) is 4.74 Å². The lowest BCUT2D eigenvalue weighted by Gasteiger charge is -2.36. The predicted molar refractivity (Wildman–Crippen MR) is 76.0 cm³/mol. The van der Waals surface area contributed by atoms with Gasteiger partial charge in [0, 0.05) is 26.3 Å². The Kier molecular flexibility index (Phi) is 5.64. The molecule has 2 rings (SSSR count). The van der Waals surface area contributed by atoms with Crippen LogP contribution in [-0.2, 0) is 9.53 Å². The molecule has 2 aliphatic rings. The van der Waals surface area contributed by atoms with Crippen molar-refractivity contribution < 1.29 is 9.53 Å². The number of carbonyl (C=O) groups excluding carboxylic acids is 1. The molecule has 2 saturated heterocycles. The van der Waals surface area contributed by atoms with Crippen molar-refractivity contribution in [1.29, 1.82) is 0 Å². The van der Waals surface area contributed by atoms with Crippen molar-refractivity contribution in [2.75, 3.05) is 32.8 Å². The van der Waals surface area contributed by atoms with Gasteiger partial charge in [0.15, 0.2) is 0 Å². The van der Waals surface area contributed by atoms with Gasteiger partial charge in [0.2, 0.25) is 5.91 Å². The van der Waals surface area contributed by atoms with Crippen LogP contribution in [0.1, 0.15) is 45.4 Å². The van der Waals surface area contributed by atoms with Gasteiger partial charge in [-0.1, -0.05) is 13.3 Å². The lowest BCUT2D eigenvalue weighted by molar-refractivity contribution is -0.133. The van der Waals surface area contributed by atoms with E-state index in [-0.39, 0.29) is 11.3 Å². The van der Waals surface area contributed by atoms with E-state index in [0.717, 1.165) is 71.4 Å². The maximum absolute atomic E-state index is 12.6. The molecular formula is C15H28N2O2. The van der Waals surface area contributed by atoms with Crippen molar-refractivity contribution in [3.63, 3.8) is 0 Å². The zero-order chi connectivity index (χ0) is 13.6. The van der Waals surface area contributed by atoms with Gasteiger partial charge >= 0.3 is 0 Å². The molecule has 0 bridgehead atoms. The molecule has 0 spiro atoms. The molecule has 0 aromatic carbocycles. The maximum Gasteiger partial charge on any atom is 0.227 e. The highest BCUT2D eigenvalue weighted by Crippen LogP contribution is 2.32. The van der Waals surface area contributed by atoms with Crippen molar-refractivity contribution in [3.05, 3.63) is 0 Å². The molecule has 2 fully saturated rings. The van der Waals surface area contributed by atoms with Gasteiger partial charge in [-0.2, -0.15) is 0 Å². The summed E-state index contributed by atoms with van der Waals surface area (Å²) in [7, 11) is 0. The molecule has 19 heavy (non-hydrogen) atoms. The Morgan fingerprint density at radius 2 is 2.21 bits per heavy atom. The van der Waals surface area contributed by atoms with Crippen LogP contribution in [-0.4, -0.2) is 38.8 Å². The SMILES string of the molecule is CCCC1(C(=O)NCC2CCOCC2)CCCNC1. The van der Waals surface area contributed by atoms with Crippen molar-refractivity contribution >= 4 is 5.91 Å². The van der Waals surface area contributed by atoms with E-state index in [9.17, 15) is 4.79 Å². The number of hydrogen-bond donors (Lipinski definition) is 2. The van der Waals surface area contributed by atoms with Crippen LogP contribution < -0.4 is 10.6 Å². The topological polar surface area (TPSA) is 50.4 Å². The maximum atomic E-state index is 12.6. The molecule has 2 N–H and O–H groups in total. The molecule has 0 aromatic heterocycles. The molecule has 2 heterocycles. The molecule has 4 heteroatoms. The summed E-state index contributed by atoms with van der Waals surface area (Å²) in [5, 5.41) is 6.61. The highest BCUT2D eigenvalue weighted by Gasteiger charge is 2.38. The Bertz CT molecular complexity index is 276. The lowest BCUT2D eigenvalue weighted by atomic mass is 9.76. The number of carbonyl (C=O) groups is 1. The van der Waals surface area contributed by atoms with E-state index in [1.54, 1.807) is 0 Å². The summed E-state index contributed by atoms with van der Waals surface area (Å²) >= 11 is 0. The smallest absolute Gasteiger partial charge is 0.227 e. The van der Waals surface area contributed by atoms with E-state index in [1.807, 2.05) is 0 Å². The molecule has 0 radical (unpaired) electrons. The molecule has 0 saturated carbocycles. The number of piperidine rings is 1. The molecule has 4 nitrogen and oxygen atoms in total. The van der Waals surface area contributed by atoms with Gasteiger partial charge in [-0.3, -0.25) is 4.79 Å². The fourth-order valence-electron chi connectivity index (χ4n) is 3.34. The highest BCUT2D eigenvalue weighted by atomic mass is 16.5. The predicted octanol–water partition coefficient (Wildman–Crippen LogP) is 1.70. The Hall–Kier alpha value is -0.610. The first-order valence-electron chi connectivity index (χ1n) is 7.83. The van der Waals surface area contributed by atoms with Crippen LogP contribution in [0.3, 0.4) is 0 Å². The zero-order valence-electron chi connectivity index (χ0n) is 12.2. The molecular weight excluding hydrogens is 240 g/mol. The summed E-state index contributed by atoms with van der Waals surface area (Å²) < 4.78 is 5.36. The summed E-state index contributed by atoms with van der Waals surface area (Å²) in [5.74, 6) is 0.876. The van der Waals surface area contributed by atoms with Gasteiger partial charge in [-0.25, -0.2) is 0 Å². The van der Waals surface area contributed by atoms with Gasteiger partial charge in [0.1, 0.15) is 0 Å². The zero-order valence-corrected chi connectivity index (χ0v) is 12.2. The third-order valence-corrected chi connectivity index (χ3v) is 4.57. The van der Waals surface area contributed by atoms with Crippen LogP contribution in [0.15, 0.2) is 0 Å². The second-order valence-corrected chi connectivity index (χ2v) is 6.08. The van der Waals surface area contributed by atoms with E-state index in [2.05, 4.69) is 17.6 Å². The van der Waals surface area contributed by atoms with E-state index < -0.39 is 0 Å². The number of nitrogens with one attached hydrogen (secondary N) is 2. The van der Waals surface area contributed by atoms with Gasteiger partial charge in [0.25, 0.3) is 0 Å². The number of hydrogen-bond acceptors (Lipinski definition) is 3. The molecule has 0 aromatic rings. The van der Waals surface area contributed by atoms with Gasteiger partial charge in [-0.05, 0) is 44.6 Å². The average molecular weight is 268 g/mol. The molecule has 1 atom stereocenters. The van der Waals surface area contributed by atoms with Crippen LogP contribution in [0.4, 0.5) is 0 Å². The van der Waals surface area contributed by atoms with Crippen molar-refractivity contribution in [1.82, 2.24) is 10.6 Å². The summed E-state index contributed by atoms with van der Waals surface area (Å²) in [6, 6.07) is 0. The molecule has 1 unspecified atom stereocenters. The van der Waals surface area contributed by atoms with Gasteiger partial charge < -0.3 is 15.4 Å². The molecule has 1 amide bonds. The first-order chi connectivity index (χ1) is 9.27. The molecule has 0 aliphatic carbocycles. The minimum atomic E-state index is -0.155. The van der Waals surface area contributed by atoms with Crippen molar-refractivity contribution in [2.24, 2.45) is 11.3 Å². The second kappa shape index (κ2) is 7.25. The summed E-state index contributed by atoms with van der Waals surface area (Å²) in [6.07, 6.45) is 6.39. The first kappa shape index (κ1) is 14.8. The fraction of sp³-hybridized carbons (Fsp3) is 0.933. The Balaban J connectivity index is 1.84. The number of amides is 1. The average Bonchev–Trinajstić information content (AvgIpc) is 2.47. The Labute approximate surface area is 116 Å². The second-order valence-electron chi connectivity index (χ2n) is 6.08. The van der Waals surface area contributed by atoms with Crippen molar-refractivity contribution in [3.8, 4) is 0 Å². The van der Waals surface area contributed by atoms with E-state index in [0.29, 0.717) is 5.92 Å². The van der Waals surface area contributed by atoms with Crippen LogP contribution in [0.2, 0.25) is 0 Å². The molecule has 110 valence electrons. The van der Waals surface area contributed by atoms with Crippen LogP contribution in [0.5, 0.6) is 0 Å². The number of rotatable bonds is 5. The Morgan fingerprint density at radius 1 is 1.42 bits per heavy atom. The first-order valence-corrected chi connectivity index (χ1v) is 7.83. The van der Waals surface area contributed by atoms with E-state index in [1.165, 1.54) is 0 Å². The van der Waals surface area contributed by atoms with Crippen molar-refractivity contribution in [2.45, 2.75) is 45.4 Å². The van der Waals surface area contributed by atoms with Gasteiger partial charge in [0.05, 0.1) is 5.41 Å². The third-order valence-electron chi connectivity index (χ3n) is 4.57. The van der Waals surface area contributed by atoms with Gasteiger partial charge in [-0.15, -0.1) is 0 Å². The van der Waals surface area contributed by atoms with Crippen LogP contribution in [0, 0.1) is 11.3 Å². The largest absolute Gasteiger partial charge is 0.381 e. The normalized spacial score (nSPS) is 29.1. The third kappa shape index (κ3) is 3.93. The summed E-state index contributed by atoms with van der Waals surface area (Å²) in [4.78, 5) is 12.6. The summed E-state index contributed by atoms with van der Waals surface area (Å²) in [6.45, 7) is 6.60.